The number of carbonyl (C=O) groups excluding carboxylic acids is 2. The van der Waals surface area contributed by atoms with Crippen LogP contribution in [0.3, 0.4) is 0 Å². The molecule has 1 N–H and O–H groups in total. The summed E-state index contributed by atoms with van der Waals surface area (Å²) in [6, 6.07) is 12.8. The highest BCUT2D eigenvalue weighted by Gasteiger charge is 2.12. The van der Waals surface area contributed by atoms with Gasteiger partial charge in [0.15, 0.2) is 6.61 Å². The van der Waals surface area contributed by atoms with E-state index in [2.05, 4.69) is 5.32 Å². The van der Waals surface area contributed by atoms with Crippen LogP contribution in [-0.2, 0) is 16.1 Å². The predicted octanol–water partition coefficient (Wildman–Crippen LogP) is 2.66. The Morgan fingerprint density at radius 2 is 1.81 bits per heavy atom. The second-order valence-corrected chi connectivity index (χ2v) is 5.23. The fraction of sp³-hybridized carbons (Fsp3) is 0.222. The van der Waals surface area contributed by atoms with Gasteiger partial charge in [0.25, 0.3) is 5.91 Å². The molecule has 0 heterocycles. The first-order chi connectivity index (χ1) is 12.5. The summed E-state index contributed by atoms with van der Waals surface area (Å²) in [4.78, 5) is 33.8. The summed E-state index contributed by atoms with van der Waals surface area (Å²) >= 11 is 0. The molecule has 0 spiro atoms. The molecular weight excluding hydrogens is 340 g/mol. The molecule has 0 aromatic heterocycles. The van der Waals surface area contributed by atoms with Crippen molar-refractivity contribution in [1.82, 2.24) is 0 Å². The fourth-order valence-corrected chi connectivity index (χ4v) is 2.14. The standard InChI is InChI=1S/C18H18N2O6/c1-2-25-17(21)12-26-16-6-4-3-5-15(16)19-18(22)14-9-7-13(8-10-14)11-20(23)24/h3-10H,2,11-12H2,1H3,(H,19,22). The molecule has 0 radical (unpaired) electrons. The highest BCUT2D eigenvalue weighted by molar-refractivity contribution is 6.05. The summed E-state index contributed by atoms with van der Waals surface area (Å²) in [6.07, 6.45) is 0. The molecule has 0 aliphatic heterocycles. The molecule has 0 atom stereocenters. The molecule has 1 amide bonds. The lowest BCUT2D eigenvalue weighted by atomic mass is 10.1. The van der Waals surface area contributed by atoms with Crippen LogP contribution in [0.15, 0.2) is 48.5 Å². The third-order valence-corrected chi connectivity index (χ3v) is 3.31. The first-order valence-electron chi connectivity index (χ1n) is 7.89. The largest absolute Gasteiger partial charge is 0.480 e. The molecule has 0 saturated heterocycles. The quantitative estimate of drug-likeness (QED) is 0.441. The van der Waals surface area contributed by atoms with Gasteiger partial charge in [-0.2, -0.15) is 0 Å². The molecule has 136 valence electrons. The van der Waals surface area contributed by atoms with Crippen molar-refractivity contribution in [3.05, 3.63) is 69.8 Å². The van der Waals surface area contributed by atoms with E-state index in [0.29, 0.717) is 22.6 Å². The number of benzene rings is 2. The lowest BCUT2D eigenvalue weighted by molar-refractivity contribution is -0.496. The van der Waals surface area contributed by atoms with Gasteiger partial charge in [-0.3, -0.25) is 14.9 Å². The van der Waals surface area contributed by atoms with Crippen molar-refractivity contribution in [2.45, 2.75) is 13.5 Å². The van der Waals surface area contributed by atoms with E-state index in [1.807, 2.05) is 0 Å². The van der Waals surface area contributed by atoms with E-state index in [9.17, 15) is 19.7 Å². The van der Waals surface area contributed by atoms with Gasteiger partial charge in [0, 0.05) is 16.1 Å². The first-order valence-corrected chi connectivity index (χ1v) is 7.89. The predicted molar refractivity (Wildman–Crippen MR) is 93.7 cm³/mol. The first kappa shape index (κ1) is 18.9. The number of hydrogen-bond acceptors (Lipinski definition) is 6. The number of hydrogen-bond donors (Lipinski definition) is 1. The van der Waals surface area contributed by atoms with Crippen LogP contribution in [0.5, 0.6) is 5.75 Å². The molecule has 26 heavy (non-hydrogen) atoms. The minimum Gasteiger partial charge on any atom is -0.480 e. The molecule has 2 rings (SSSR count). The fourth-order valence-electron chi connectivity index (χ4n) is 2.14. The van der Waals surface area contributed by atoms with Crippen LogP contribution in [0, 0.1) is 10.1 Å². The number of ether oxygens (including phenoxy) is 2. The average Bonchev–Trinajstić information content (AvgIpc) is 2.61. The number of esters is 1. The summed E-state index contributed by atoms with van der Waals surface area (Å²) in [5.41, 5.74) is 1.25. The zero-order valence-corrected chi connectivity index (χ0v) is 14.1. The van der Waals surface area contributed by atoms with Crippen LogP contribution in [0.2, 0.25) is 0 Å². The number of nitrogens with one attached hydrogen (secondary N) is 1. The highest BCUT2D eigenvalue weighted by atomic mass is 16.6. The van der Waals surface area contributed by atoms with Crippen LogP contribution in [0.1, 0.15) is 22.8 Å². The van der Waals surface area contributed by atoms with Crippen molar-refractivity contribution >= 4 is 17.6 Å². The van der Waals surface area contributed by atoms with Crippen molar-refractivity contribution in [2.24, 2.45) is 0 Å². The van der Waals surface area contributed by atoms with Gasteiger partial charge in [-0.05, 0) is 31.2 Å². The third kappa shape index (κ3) is 5.59. The second kappa shape index (κ2) is 9.16. The van der Waals surface area contributed by atoms with Crippen LogP contribution >= 0.6 is 0 Å². The van der Waals surface area contributed by atoms with Crippen LogP contribution < -0.4 is 10.1 Å². The SMILES string of the molecule is CCOC(=O)COc1ccccc1NC(=O)c1ccc(C[N+](=O)[O-])cc1. The summed E-state index contributed by atoms with van der Waals surface area (Å²) in [7, 11) is 0. The van der Waals surface area contributed by atoms with Gasteiger partial charge in [0.05, 0.1) is 12.3 Å². The highest BCUT2D eigenvalue weighted by Crippen LogP contribution is 2.24. The Morgan fingerprint density at radius 3 is 2.46 bits per heavy atom. The van der Waals surface area contributed by atoms with E-state index in [4.69, 9.17) is 9.47 Å². The van der Waals surface area contributed by atoms with Gasteiger partial charge >= 0.3 is 5.97 Å². The molecule has 8 nitrogen and oxygen atoms in total. The molecule has 8 heteroatoms. The smallest absolute Gasteiger partial charge is 0.344 e. The maximum Gasteiger partial charge on any atom is 0.344 e. The topological polar surface area (TPSA) is 108 Å². The Morgan fingerprint density at radius 1 is 1.12 bits per heavy atom. The maximum atomic E-state index is 12.3. The number of nitrogens with zero attached hydrogens (tertiary/aromatic N) is 1. The third-order valence-electron chi connectivity index (χ3n) is 3.31. The number of rotatable bonds is 8. The Balaban J connectivity index is 2.04. The zero-order chi connectivity index (χ0) is 18.9. The molecule has 0 aliphatic rings. The zero-order valence-electron chi connectivity index (χ0n) is 14.1. The van der Waals surface area contributed by atoms with Crippen molar-refractivity contribution in [1.29, 1.82) is 0 Å². The van der Waals surface area contributed by atoms with E-state index in [0.717, 1.165) is 0 Å². The number of para-hydroxylation sites is 2. The van der Waals surface area contributed by atoms with E-state index in [1.54, 1.807) is 31.2 Å². The summed E-state index contributed by atoms with van der Waals surface area (Å²) in [6.45, 7) is 1.39. The van der Waals surface area contributed by atoms with Gasteiger partial charge in [-0.25, -0.2) is 4.79 Å². The summed E-state index contributed by atoms with van der Waals surface area (Å²) in [5, 5.41) is 13.2. The van der Waals surface area contributed by atoms with Gasteiger partial charge < -0.3 is 14.8 Å². The normalized spacial score (nSPS) is 10.0. The van der Waals surface area contributed by atoms with Crippen molar-refractivity contribution in [3.63, 3.8) is 0 Å². The van der Waals surface area contributed by atoms with Crippen molar-refractivity contribution in [2.75, 3.05) is 18.5 Å². The summed E-state index contributed by atoms with van der Waals surface area (Å²) in [5.74, 6) is -0.571. The van der Waals surface area contributed by atoms with Gasteiger partial charge in [-0.1, -0.05) is 24.3 Å². The molecule has 2 aromatic carbocycles. The van der Waals surface area contributed by atoms with E-state index < -0.39 is 16.8 Å². The minimum atomic E-state index is -0.505. The van der Waals surface area contributed by atoms with Crippen LogP contribution in [0.25, 0.3) is 0 Å². The van der Waals surface area contributed by atoms with Gasteiger partial charge in [0.2, 0.25) is 6.54 Å². The minimum absolute atomic E-state index is 0.257. The van der Waals surface area contributed by atoms with Crippen LogP contribution in [-0.4, -0.2) is 30.0 Å². The molecule has 2 aromatic rings. The molecule has 0 saturated carbocycles. The van der Waals surface area contributed by atoms with Gasteiger partial charge in [0.1, 0.15) is 5.75 Å². The van der Waals surface area contributed by atoms with E-state index >= 15 is 0 Å². The number of anilines is 1. The Labute approximate surface area is 149 Å². The van der Waals surface area contributed by atoms with E-state index in [-0.39, 0.29) is 19.8 Å². The van der Waals surface area contributed by atoms with Crippen molar-refractivity contribution < 1.29 is 24.0 Å². The molecule has 0 bridgehead atoms. The van der Waals surface area contributed by atoms with E-state index in [1.165, 1.54) is 24.3 Å². The molecule has 0 aliphatic carbocycles. The lowest BCUT2D eigenvalue weighted by Gasteiger charge is -2.12. The Bertz CT molecular complexity index is 789. The maximum absolute atomic E-state index is 12.3. The Hall–Kier alpha value is -3.42. The van der Waals surface area contributed by atoms with Crippen molar-refractivity contribution in [3.8, 4) is 5.75 Å². The number of nitro groups is 1. The van der Waals surface area contributed by atoms with Gasteiger partial charge in [-0.15, -0.1) is 0 Å². The monoisotopic (exact) mass is 358 g/mol. The summed E-state index contributed by atoms with van der Waals surface area (Å²) < 4.78 is 10.2. The lowest BCUT2D eigenvalue weighted by Crippen LogP contribution is -2.17. The number of carbonyl (C=O) groups is 2. The average molecular weight is 358 g/mol. The second-order valence-electron chi connectivity index (χ2n) is 5.23. The van der Waals surface area contributed by atoms with Crippen LogP contribution in [0.4, 0.5) is 5.69 Å². The number of amides is 1. The molecular formula is C18H18N2O6. The Kier molecular flexibility index (Phi) is 6.67. The molecule has 0 unspecified atom stereocenters. The molecule has 0 fully saturated rings.